The van der Waals surface area contributed by atoms with Crippen LogP contribution < -0.4 is 4.90 Å². The topological polar surface area (TPSA) is 86.6 Å². The molecule has 102 valence electrons. The normalized spacial score (nSPS) is 16.1. The van der Waals surface area contributed by atoms with Crippen molar-refractivity contribution in [2.24, 2.45) is 0 Å². The van der Waals surface area contributed by atoms with E-state index in [1.807, 2.05) is 4.90 Å². The van der Waals surface area contributed by atoms with E-state index in [0.29, 0.717) is 18.9 Å². The van der Waals surface area contributed by atoms with Crippen molar-refractivity contribution in [3.05, 3.63) is 18.1 Å². The van der Waals surface area contributed by atoms with Crippen molar-refractivity contribution in [2.75, 3.05) is 31.1 Å². The molecule has 7 nitrogen and oxygen atoms in total. The fourth-order valence-electron chi connectivity index (χ4n) is 2.07. The Bertz CT molecular complexity index is 492. The van der Waals surface area contributed by atoms with E-state index in [0.717, 1.165) is 19.5 Å². The van der Waals surface area contributed by atoms with Crippen LogP contribution in [0, 0.1) is 0 Å². The molecule has 0 spiro atoms. The summed E-state index contributed by atoms with van der Waals surface area (Å²) in [6.07, 6.45) is 3.61. The van der Waals surface area contributed by atoms with Crippen LogP contribution in [0.25, 0.3) is 0 Å². The molecule has 19 heavy (non-hydrogen) atoms. The molecule has 0 radical (unpaired) electrons. The average molecular weight is 264 g/mol. The minimum absolute atomic E-state index is 0.0622. The first-order valence-corrected chi connectivity index (χ1v) is 6.13. The maximum Gasteiger partial charge on any atom is 0.356 e. The zero-order valence-electron chi connectivity index (χ0n) is 10.7. The van der Waals surface area contributed by atoms with Crippen LogP contribution in [0.15, 0.2) is 12.4 Å². The number of rotatable bonds is 2. The highest BCUT2D eigenvalue weighted by Gasteiger charge is 2.18. The summed E-state index contributed by atoms with van der Waals surface area (Å²) in [5.41, 5.74) is -0.0647. The van der Waals surface area contributed by atoms with Crippen LogP contribution in [-0.2, 0) is 4.79 Å². The predicted octanol–water partition coefficient (Wildman–Crippen LogP) is 0.233. The lowest BCUT2D eigenvalue weighted by Gasteiger charge is -2.21. The van der Waals surface area contributed by atoms with Crippen LogP contribution in [0.5, 0.6) is 0 Å². The van der Waals surface area contributed by atoms with Crippen molar-refractivity contribution in [2.45, 2.75) is 13.3 Å². The first-order valence-electron chi connectivity index (χ1n) is 6.13. The number of aromatic carboxylic acids is 1. The summed E-state index contributed by atoms with van der Waals surface area (Å²) in [4.78, 5) is 33.9. The number of carbonyl (C=O) groups is 2. The Balaban J connectivity index is 2.12. The van der Waals surface area contributed by atoms with Gasteiger partial charge in [0.05, 0.1) is 12.4 Å². The summed E-state index contributed by atoms with van der Waals surface area (Å²) in [5, 5.41) is 8.90. The van der Waals surface area contributed by atoms with E-state index < -0.39 is 5.97 Å². The van der Waals surface area contributed by atoms with Crippen molar-refractivity contribution in [1.29, 1.82) is 0 Å². The third-order valence-corrected chi connectivity index (χ3v) is 3.11. The second kappa shape index (κ2) is 5.64. The predicted molar refractivity (Wildman–Crippen MR) is 68.1 cm³/mol. The summed E-state index contributed by atoms with van der Waals surface area (Å²) in [6.45, 7) is 4.27. The second-order valence-electron chi connectivity index (χ2n) is 4.41. The van der Waals surface area contributed by atoms with Gasteiger partial charge in [0, 0.05) is 33.1 Å². The minimum Gasteiger partial charge on any atom is -0.476 e. The lowest BCUT2D eigenvalue weighted by atomic mass is 10.3. The summed E-state index contributed by atoms with van der Waals surface area (Å²) in [7, 11) is 0. The Morgan fingerprint density at radius 2 is 2.00 bits per heavy atom. The molecule has 1 N–H and O–H groups in total. The zero-order chi connectivity index (χ0) is 13.8. The van der Waals surface area contributed by atoms with Gasteiger partial charge in [-0.15, -0.1) is 0 Å². The fraction of sp³-hybridized carbons (Fsp3) is 0.500. The van der Waals surface area contributed by atoms with Crippen molar-refractivity contribution in [1.82, 2.24) is 14.9 Å². The number of carbonyl (C=O) groups excluding carboxylic acids is 1. The Kier molecular flexibility index (Phi) is 3.94. The number of nitrogens with zero attached hydrogens (tertiary/aromatic N) is 4. The van der Waals surface area contributed by atoms with Gasteiger partial charge in [-0.2, -0.15) is 0 Å². The molecule has 0 aromatic carbocycles. The second-order valence-corrected chi connectivity index (χ2v) is 4.41. The summed E-state index contributed by atoms with van der Waals surface area (Å²) in [5.74, 6) is -0.480. The first kappa shape index (κ1) is 13.3. The fourth-order valence-corrected chi connectivity index (χ4v) is 2.07. The Hall–Kier alpha value is -2.18. The van der Waals surface area contributed by atoms with Crippen LogP contribution >= 0.6 is 0 Å². The third kappa shape index (κ3) is 3.18. The molecular formula is C12H16N4O3. The summed E-state index contributed by atoms with van der Waals surface area (Å²) in [6, 6.07) is 0. The molecule has 0 bridgehead atoms. The minimum atomic E-state index is -1.09. The summed E-state index contributed by atoms with van der Waals surface area (Å²) >= 11 is 0. The number of anilines is 1. The van der Waals surface area contributed by atoms with E-state index in [-0.39, 0.29) is 11.6 Å². The average Bonchev–Trinajstić information content (AvgIpc) is 2.64. The van der Waals surface area contributed by atoms with E-state index in [9.17, 15) is 9.59 Å². The Morgan fingerprint density at radius 1 is 1.21 bits per heavy atom. The monoisotopic (exact) mass is 264 g/mol. The lowest BCUT2D eigenvalue weighted by molar-refractivity contribution is -0.128. The lowest BCUT2D eigenvalue weighted by Crippen LogP contribution is -2.34. The maximum absolute atomic E-state index is 11.3. The highest BCUT2D eigenvalue weighted by molar-refractivity contribution is 5.85. The van der Waals surface area contributed by atoms with Gasteiger partial charge in [-0.05, 0) is 6.42 Å². The van der Waals surface area contributed by atoms with Crippen molar-refractivity contribution >= 4 is 17.7 Å². The van der Waals surface area contributed by atoms with Crippen LogP contribution in [0.4, 0.5) is 5.82 Å². The first-order chi connectivity index (χ1) is 9.08. The van der Waals surface area contributed by atoms with Gasteiger partial charge in [-0.3, -0.25) is 9.78 Å². The number of hydrogen-bond acceptors (Lipinski definition) is 5. The smallest absolute Gasteiger partial charge is 0.356 e. The Labute approximate surface area is 110 Å². The molecule has 1 aromatic rings. The maximum atomic E-state index is 11.3. The molecule has 1 saturated heterocycles. The van der Waals surface area contributed by atoms with Crippen LogP contribution in [0.2, 0.25) is 0 Å². The molecule has 7 heteroatoms. The molecule has 1 aromatic heterocycles. The molecule has 0 atom stereocenters. The quantitative estimate of drug-likeness (QED) is 0.823. The number of carboxylic acids is 1. The van der Waals surface area contributed by atoms with E-state index in [4.69, 9.17) is 5.11 Å². The van der Waals surface area contributed by atoms with Crippen molar-refractivity contribution in [3.8, 4) is 0 Å². The van der Waals surface area contributed by atoms with E-state index in [1.54, 1.807) is 18.0 Å². The zero-order valence-corrected chi connectivity index (χ0v) is 10.7. The highest BCUT2D eigenvalue weighted by Crippen LogP contribution is 2.13. The molecule has 0 saturated carbocycles. The molecule has 1 fully saturated rings. The van der Waals surface area contributed by atoms with Crippen molar-refractivity contribution in [3.63, 3.8) is 0 Å². The third-order valence-electron chi connectivity index (χ3n) is 3.11. The van der Waals surface area contributed by atoms with Gasteiger partial charge in [-0.1, -0.05) is 0 Å². The SMILES string of the molecule is CC(=O)N1CCCN(c2cncc(C(=O)O)n2)CC1. The molecule has 2 rings (SSSR count). The number of aromatic nitrogens is 2. The van der Waals surface area contributed by atoms with Gasteiger partial charge < -0.3 is 14.9 Å². The molecular weight excluding hydrogens is 248 g/mol. The highest BCUT2D eigenvalue weighted by atomic mass is 16.4. The molecule has 1 aliphatic rings. The standard InChI is InChI=1S/C12H16N4O3/c1-9(17)15-3-2-4-16(6-5-15)11-8-13-7-10(14-11)12(18)19/h7-8H,2-6H2,1H3,(H,18,19). The van der Waals surface area contributed by atoms with Crippen molar-refractivity contribution < 1.29 is 14.7 Å². The van der Waals surface area contributed by atoms with E-state index in [1.165, 1.54) is 6.20 Å². The largest absolute Gasteiger partial charge is 0.476 e. The van der Waals surface area contributed by atoms with E-state index in [2.05, 4.69) is 9.97 Å². The van der Waals surface area contributed by atoms with Gasteiger partial charge in [0.25, 0.3) is 0 Å². The van der Waals surface area contributed by atoms with Gasteiger partial charge in [0.2, 0.25) is 5.91 Å². The van der Waals surface area contributed by atoms with Gasteiger partial charge in [0.15, 0.2) is 5.69 Å². The van der Waals surface area contributed by atoms with Gasteiger partial charge >= 0.3 is 5.97 Å². The van der Waals surface area contributed by atoms with Crippen LogP contribution in [0.3, 0.4) is 0 Å². The molecule has 0 unspecified atom stereocenters. The molecule has 2 heterocycles. The Morgan fingerprint density at radius 3 is 2.68 bits per heavy atom. The van der Waals surface area contributed by atoms with Gasteiger partial charge in [-0.25, -0.2) is 9.78 Å². The summed E-state index contributed by atoms with van der Waals surface area (Å²) < 4.78 is 0. The number of hydrogen-bond donors (Lipinski definition) is 1. The molecule has 1 aliphatic heterocycles. The molecule has 1 amide bonds. The van der Waals surface area contributed by atoms with Gasteiger partial charge in [0.1, 0.15) is 5.82 Å². The number of amides is 1. The number of carboxylic acid groups (broad SMARTS) is 1. The van der Waals surface area contributed by atoms with Crippen LogP contribution in [0.1, 0.15) is 23.8 Å². The molecule has 0 aliphatic carbocycles. The van der Waals surface area contributed by atoms with E-state index >= 15 is 0 Å². The van der Waals surface area contributed by atoms with Crippen LogP contribution in [-0.4, -0.2) is 58.0 Å².